The molecule has 6 heteroatoms. The van der Waals surface area contributed by atoms with Crippen molar-refractivity contribution < 1.29 is 13.3 Å². The van der Waals surface area contributed by atoms with Gasteiger partial charge in [-0.3, -0.25) is 4.84 Å². The van der Waals surface area contributed by atoms with Gasteiger partial charge in [0.15, 0.2) is 0 Å². The molecule has 0 spiro atoms. The Morgan fingerprint density at radius 2 is 1.79 bits per heavy atom. The molecule has 0 amide bonds. The predicted octanol–water partition coefficient (Wildman–Crippen LogP) is 1.52. The van der Waals surface area contributed by atoms with E-state index in [2.05, 4.69) is 4.84 Å². The number of hydrogen-bond donors (Lipinski definition) is 0. The summed E-state index contributed by atoms with van der Waals surface area (Å²) in [5, 5.41) is 0.490. The van der Waals surface area contributed by atoms with Crippen molar-refractivity contribution >= 4 is 21.6 Å². The van der Waals surface area contributed by atoms with Crippen LogP contribution < -0.4 is 0 Å². The van der Waals surface area contributed by atoms with Crippen molar-refractivity contribution in [3.05, 3.63) is 29.3 Å². The average molecular weight is 236 g/mol. The lowest BCUT2D eigenvalue weighted by atomic mass is 10.4. The molecule has 0 aliphatic rings. The summed E-state index contributed by atoms with van der Waals surface area (Å²) >= 11 is 5.64. The number of benzene rings is 1. The fourth-order valence-corrected chi connectivity index (χ4v) is 1.95. The van der Waals surface area contributed by atoms with Crippen LogP contribution in [0.4, 0.5) is 0 Å². The molecule has 0 atom stereocenters. The van der Waals surface area contributed by atoms with E-state index < -0.39 is 10.0 Å². The molecule has 0 fully saturated rings. The van der Waals surface area contributed by atoms with Crippen LogP contribution >= 0.6 is 11.6 Å². The second-order valence-corrected chi connectivity index (χ2v) is 4.92. The largest absolute Gasteiger partial charge is 0.288 e. The Kier molecular flexibility index (Phi) is 3.49. The fraction of sp³-hybridized carbons (Fsp3) is 0.250. The maximum atomic E-state index is 11.6. The Balaban J connectivity index is 3.11. The molecule has 0 heterocycles. The molecule has 0 bridgehead atoms. The lowest BCUT2D eigenvalue weighted by Gasteiger charge is -2.13. The number of sulfonamides is 1. The molecule has 4 nitrogen and oxygen atoms in total. The zero-order valence-corrected chi connectivity index (χ0v) is 9.34. The van der Waals surface area contributed by atoms with Crippen LogP contribution in [0.15, 0.2) is 29.2 Å². The molecule has 0 saturated carbocycles. The third-order valence-electron chi connectivity index (χ3n) is 1.71. The maximum Gasteiger partial charge on any atom is 0.264 e. The van der Waals surface area contributed by atoms with E-state index in [4.69, 9.17) is 11.6 Å². The molecule has 0 unspecified atom stereocenters. The SMILES string of the molecule is CON(C)S(=O)(=O)c1ccc(Cl)cc1. The van der Waals surface area contributed by atoms with Gasteiger partial charge in [0.25, 0.3) is 10.0 Å². The molecule has 0 N–H and O–H groups in total. The van der Waals surface area contributed by atoms with Crippen LogP contribution in [-0.4, -0.2) is 27.0 Å². The minimum atomic E-state index is -3.55. The van der Waals surface area contributed by atoms with Crippen molar-refractivity contribution in [3.63, 3.8) is 0 Å². The van der Waals surface area contributed by atoms with Gasteiger partial charge in [-0.05, 0) is 24.3 Å². The molecule has 1 aromatic rings. The van der Waals surface area contributed by atoms with Crippen LogP contribution in [0.1, 0.15) is 0 Å². The molecule has 0 aliphatic heterocycles. The number of rotatable bonds is 3. The van der Waals surface area contributed by atoms with Gasteiger partial charge in [0.05, 0.1) is 12.0 Å². The van der Waals surface area contributed by atoms with Gasteiger partial charge < -0.3 is 0 Å². The molecule has 0 saturated heterocycles. The predicted molar refractivity (Wildman–Crippen MR) is 53.4 cm³/mol. The van der Waals surface area contributed by atoms with Crippen LogP contribution in [-0.2, 0) is 14.9 Å². The molecule has 14 heavy (non-hydrogen) atoms. The van der Waals surface area contributed by atoms with Crippen molar-refractivity contribution in [2.75, 3.05) is 14.2 Å². The summed E-state index contributed by atoms with van der Waals surface area (Å²) in [6, 6.07) is 5.87. The second-order valence-electron chi connectivity index (χ2n) is 2.55. The van der Waals surface area contributed by atoms with Gasteiger partial charge >= 0.3 is 0 Å². The number of halogens is 1. The van der Waals surface area contributed by atoms with Gasteiger partial charge in [-0.2, -0.15) is 0 Å². The van der Waals surface area contributed by atoms with E-state index in [1.807, 2.05) is 0 Å². The minimum Gasteiger partial charge on any atom is -0.288 e. The molecule has 78 valence electrons. The lowest BCUT2D eigenvalue weighted by molar-refractivity contribution is -0.0258. The molecule has 1 rings (SSSR count). The van der Waals surface area contributed by atoms with Gasteiger partial charge in [-0.15, -0.1) is 0 Å². The van der Waals surface area contributed by atoms with E-state index in [-0.39, 0.29) is 4.90 Å². The summed E-state index contributed by atoms with van der Waals surface area (Å²) in [6.07, 6.45) is 0. The second kappa shape index (κ2) is 4.27. The topological polar surface area (TPSA) is 46.6 Å². The van der Waals surface area contributed by atoms with Crippen LogP contribution in [0.2, 0.25) is 5.02 Å². The van der Waals surface area contributed by atoms with Crippen molar-refractivity contribution in [2.24, 2.45) is 0 Å². The molecule has 0 radical (unpaired) electrons. The fourth-order valence-electron chi connectivity index (χ4n) is 0.853. The van der Waals surface area contributed by atoms with Gasteiger partial charge in [0.1, 0.15) is 0 Å². The quantitative estimate of drug-likeness (QED) is 0.747. The van der Waals surface area contributed by atoms with Gasteiger partial charge in [-0.25, -0.2) is 8.42 Å². The van der Waals surface area contributed by atoms with Crippen LogP contribution in [0.3, 0.4) is 0 Å². The Morgan fingerprint density at radius 1 is 1.29 bits per heavy atom. The van der Waals surface area contributed by atoms with E-state index in [9.17, 15) is 8.42 Å². The molecule has 0 aromatic heterocycles. The molecular formula is C8H10ClNO3S. The summed E-state index contributed by atoms with van der Waals surface area (Å²) in [6.45, 7) is 0. The normalized spacial score (nSPS) is 12.0. The number of hydroxylamine groups is 1. The summed E-state index contributed by atoms with van der Waals surface area (Å²) in [5.41, 5.74) is 0. The molecular weight excluding hydrogens is 226 g/mol. The lowest BCUT2D eigenvalue weighted by Crippen LogP contribution is -2.25. The van der Waals surface area contributed by atoms with Gasteiger partial charge in [0, 0.05) is 12.1 Å². The van der Waals surface area contributed by atoms with Crippen molar-refractivity contribution in [3.8, 4) is 0 Å². The third-order valence-corrected chi connectivity index (χ3v) is 3.65. The smallest absolute Gasteiger partial charge is 0.264 e. The highest BCUT2D eigenvalue weighted by Crippen LogP contribution is 2.17. The highest BCUT2D eigenvalue weighted by atomic mass is 35.5. The maximum absolute atomic E-state index is 11.6. The first-order valence-corrected chi connectivity index (χ1v) is 5.59. The Hall–Kier alpha value is -0.620. The minimum absolute atomic E-state index is 0.145. The zero-order valence-electron chi connectivity index (χ0n) is 7.77. The van der Waals surface area contributed by atoms with E-state index in [1.165, 1.54) is 38.4 Å². The standard InChI is InChI=1S/C8H10ClNO3S/c1-10(13-2)14(11,12)8-5-3-7(9)4-6-8/h3-6H,1-2H3. The molecule has 0 aliphatic carbocycles. The van der Waals surface area contributed by atoms with Crippen LogP contribution in [0, 0.1) is 0 Å². The van der Waals surface area contributed by atoms with E-state index >= 15 is 0 Å². The Morgan fingerprint density at radius 3 is 2.21 bits per heavy atom. The summed E-state index contributed by atoms with van der Waals surface area (Å²) < 4.78 is 24.1. The monoisotopic (exact) mass is 235 g/mol. The van der Waals surface area contributed by atoms with E-state index in [0.29, 0.717) is 5.02 Å². The Bertz CT molecular complexity index is 401. The van der Waals surface area contributed by atoms with Crippen LogP contribution in [0.25, 0.3) is 0 Å². The molecule has 1 aromatic carbocycles. The summed E-state index contributed by atoms with van der Waals surface area (Å²) in [5.74, 6) is 0. The van der Waals surface area contributed by atoms with Crippen molar-refractivity contribution in [1.29, 1.82) is 0 Å². The first kappa shape index (κ1) is 11.5. The van der Waals surface area contributed by atoms with Gasteiger partial charge in [-0.1, -0.05) is 16.1 Å². The first-order chi connectivity index (χ1) is 6.48. The average Bonchev–Trinajstić information content (AvgIpc) is 2.17. The zero-order chi connectivity index (χ0) is 10.8. The number of nitrogens with zero attached hydrogens (tertiary/aromatic N) is 1. The van der Waals surface area contributed by atoms with Gasteiger partial charge in [0.2, 0.25) is 0 Å². The first-order valence-electron chi connectivity index (χ1n) is 3.77. The van der Waals surface area contributed by atoms with E-state index in [1.54, 1.807) is 0 Å². The highest BCUT2D eigenvalue weighted by Gasteiger charge is 2.19. The third kappa shape index (κ3) is 2.24. The van der Waals surface area contributed by atoms with Crippen molar-refractivity contribution in [1.82, 2.24) is 4.47 Å². The Labute approximate surface area is 88.1 Å². The van der Waals surface area contributed by atoms with Crippen molar-refractivity contribution in [2.45, 2.75) is 4.90 Å². The number of hydrogen-bond acceptors (Lipinski definition) is 3. The van der Waals surface area contributed by atoms with E-state index in [0.717, 1.165) is 4.47 Å². The summed E-state index contributed by atoms with van der Waals surface area (Å²) in [4.78, 5) is 4.76. The summed E-state index contributed by atoms with van der Waals surface area (Å²) in [7, 11) is -0.945. The highest BCUT2D eigenvalue weighted by molar-refractivity contribution is 7.89. The van der Waals surface area contributed by atoms with Crippen LogP contribution in [0.5, 0.6) is 0 Å².